The topological polar surface area (TPSA) is 50.9 Å². The van der Waals surface area contributed by atoms with Gasteiger partial charge in [-0.15, -0.1) is 0 Å². The van der Waals surface area contributed by atoms with Gasteiger partial charge < -0.3 is 5.11 Å². The molecule has 1 heterocycles. The van der Waals surface area contributed by atoms with Crippen LogP contribution in [0.4, 0.5) is 4.39 Å². The van der Waals surface area contributed by atoms with Gasteiger partial charge in [0.25, 0.3) is 0 Å². The van der Waals surface area contributed by atoms with E-state index in [4.69, 9.17) is 0 Å². The molecule has 120 valence electrons. The minimum absolute atomic E-state index is 0.297. The molecular weight excluding hydrogens is 297 g/mol. The Bertz CT molecular complexity index is 580. The average Bonchev–Trinajstić information content (AvgIpc) is 2.90. The largest absolute Gasteiger partial charge is 0.383 e. The van der Waals surface area contributed by atoms with Gasteiger partial charge in [0.15, 0.2) is 0 Å². The Labute approximate surface area is 132 Å². The van der Waals surface area contributed by atoms with Crippen molar-refractivity contribution < 1.29 is 9.50 Å². The fourth-order valence-corrected chi connectivity index (χ4v) is 3.81. The maximum absolute atomic E-state index is 13.2. The van der Waals surface area contributed by atoms with Gasteiger partial charge in [0, 0.05) is 8.07 Å². The Hall–Kier alpha value is -1.53. The molecule has 0 aliphatic heterocycles. The smallest absolute Gasteiger partial charge is 0.137 e. The van der Waals surface area contributed by atoms with Crippen LogP contribution in [0.2, 0.25) is 25.7 Å². The molecule has 2 rings (SSSR count). The molecule has 0 aliphatic rings. The zero-order chi connectivity index (χ0) is 16.2. The summed E-state index contributed by atoms with van der Waals surface area (Å²) in [5.41, 5.74) is -0.332. The number of nitrogens with zero attached hydrogens (tertiary/aromatic N) is 3. The first-order valence-corrected chi connectivity index (χ1v) is 11.3. The second-order valence-corrected chi connectivity index (χ2v) is 12.7. The van der Waals surface area contributed by atoms with Gasteiger partial charge in [0.1, 0.15) is 24.1 Å². The first-order chi connectivity index (χ1) is 10.3. The van der Waals surface area contributed by atoms with E-state index in [9.17, 15) is 9.50 Å². The number of halogens is 1. The standard InChI is InChI=1S/C16H24FN3OSi/c1-22(2,3)10-4-9-16(21,11-20-13-18-12-19-20)14-5-7-15(17)8-6-14/h5-8,12-13,21H,4,9-11H2,1-3H3. The van der Waals surface area contributed by atoms with Crippen LogP contribution in [0.15, 0.2) is 36.9 Å². The highest BCUT2D eigenvalue weighted by atomic mass is 28.3. The summed E-state index contributed by atoms with van der Waals surface area (Å²) in [7, 11) is -1.15. The molecule has 0 saturated heterocycles. The zero-order valence-electron chi connectivity index (χ0n) is 13.5. The summed E-state index contributed by atoms with van der Waals surface area (Å²) in [4.78, 5) is 3.92. The number of hydrogen-bond donors (Lipinski definition) is 1. The molecule has 0 fully saturated rings. The van der Waals surface area contributed by atoms with Crippen molar-refractivity contribution in [1.82, 2.24) is 14.8 Å². The lowest BCUT2D eigenvalue weighted by atomic mass is 9.89. The molecule has 6 heteroatoms. The second-order valence-electron chi connectivity index (χ2n) is 7.05. The Balaban J connectivity index is 2.17. The lowest BCUT2D eigenvalue weighted by molar-refractivity contribution is 0.00541. The van der Waals surface area contributed by atoms with Crippen molar-refractivity contribution >= 4 is 8.07 Å². The van der Waals surface area contributed by atoms with E-state index in [0.717, 1.165) is 18.0 Å². The molecule has 0 saturated carbocycles. The monoisotopic (exact) mass is 321 g/mol. The van der Waals surface area contributed by atoms with Crippen LogP contribution in [0, 0.1) is 5.82 Å². The quantitative estimate of drug-likeness (QED) is 0.795. The third kappa shape index (κ3) is 4.74. The number of aliphatic hydroxyl groups is 1. The van der Waals surface area contributed by atoms with E-state index in [2.05, 4.69) is 29.7 Å². The minimum Gasteiger partial charge on any atom is -0.383 e. The molecule has 1 unspecified atom stereocenters. The van der Waals surface area contributed by atoms with E-state index in [0.29, 0.717) is 13.0 Å². The van der Waals surface area contributed by atoms with Crippen LogP contribution in [-0.4, -0.2) is 27.9 Å². The molecule has 22 heavy (non-hydrogen) atoms. The Morgan fingerprint density at radius 3 is 2.45 bits per heavy atom. The van der Waals surface area contributed by atoms with Gasteiger partial charge in [-0.05, 0) is 24.1 Å². The predicted octanol–water partition coefficient (Wildman–Crippen LogP) is 3.42. The van der Waals surface area contributed by atoms with E-state index >= 15 is 0 Å². The van der Waals surface area contributed by atoms with Crippen LogP contribution in [-0.2, 0) is 12.1 Å². The van der Waals surface area contributed by atoms with Crippen molar-refractivity contribution in [3.05, 3.63) is 48.3 Å². The van der Waals surface area contributed by atoms with Crippen LogP contribution in [0.25, 0.3) is 0 Å². The van der Waals surface area contributed by atoms with Gasteiger partial charge >= 0.3 is 0 Å². The molecule has 4 nitrogen and oxygen atoms in total. The van der Waals surface area contributed by atoms with Crippen LogP contribution >= 0.6 is 0 Å². The van der Waals surface area contributed by atoms with Crippen molar-refractivity contribution in [3.63, 3.8) is 0 Å². The number of aromatic nitrogens is 3. The lowest BCUT2D eigenvalue weighted by Crippen LogP contribution is -2.32. The van der Waals surface area contributed by atoms with Crippen LogP contribution in [0.3, 0.4) is 0 Å². The predicted molar refractivity (Wildman–Crippen MR) is 87.7 cm³/mol. The molecule has 0 spiro atoms. The maximum atomic E-state index is 13.2. The first-order valence-electron chi connectivity index (χ1n) is 7.59. The third-order valence-corrected chi connectivity index (χ3v) is 5.64. The summed E-state index contributed by atoms with van der Waals surface area (Å²) in [6, 6.07) is 7.23. The summed E-state index contributed by atoms with van der Waals surface area (Å²) in [6.07, 6.45) is 4.61. The van der Waals surface area contributed by atoms with Crippen molar-refractivity contribution in [1.29, 1.82) is 0 Å². The van der Waals surface area contributed by atoms with Gasteiger partial charge in [-0.25, -0.2) is 14.1 Å². The van der Waals surface area contributed by atoms with Crippen LogP contribution in [0.1, 0.15) is 18.4 Å². The second kappa shape index (κ2) is 6.70. The molecule has 0 radical (unpaired) electrons. The van der Waals surface area contributed by atoms with E-state index in [1.807, 2.05) is 0 Å². The van der Waals surface area contributed by atoms with Gasteiger partial charge in [0.05, 0.1) is 6.54 Å². The van der Waals surface area contributed by atoms with Crippen molar-refractivity contribution in [2.45, 2.75) is 50.7 Å². The number of hydrogen-bond acceptors (Lipinski definition) is 3. The highest BCUT2D eigenvalue weighted by Gasteiger charge is 2.30. The lowest BCUT2D eigenvalue weighted by Gasteiger charge is -2.29. The highest BCUT2D eigenvalue weighted by Crippen LogP contribution is 2.30. The third-order valence-electron chi connectivity index (χ3n) is 3.79. The summed E-state index contributed by atoms with van der Waals surface area (Å²) in [6.45, 7) is 7.29. The van der Waals surface area contributed by atoms with Gasteiger partial charge in [-0.1, -0.05) is 44.2 Å². The fraction of sp³-hybridized carbons (Fsp3) is 0.500. The Morgan fingerprint density at radius 2 is 1.91 bits per heavy atom. The molecule has 1 aromatic heterocycles. The SMILES string of the molecule is C[Si](C)(C)CCCC(O)(Cn1cncn1)c1ccc(F)cc1. The normalized spacial score (nSPS) is 14.8. The van der Waals surface area contributed by atoms with E-state index in [-0.39, 0.29) is 5.82 Å². The fourth-order valence-electron chi connectivity index (χ4n) is 2.57. The first kappa shape index (κ1) is 16.8. The summed E-state index contributed by atoms with van der Waals surface area (Å²) in [5.74, 6) is -0.297. The highest BCUT2D eigenvalue weighted by molar-refractivity contribution is 6.76. The molecule has 1 aromatic carbocycles. The number of rotatable bonds is 7. The van der Waals surface area contributed by atoms with Gasteiger partial charge in [-0.2, -0.15) is 5.10 Å². The molecule has 0 aliphatic carbocycles. The molecule has 0 amide bonds. The van der Waals surface area contributed by atoms with E-state index in [1.165, 1.54) is 18.5 Å². The molecule has 0 bridgehead atoms. The van der Waals surface area contributed by atoms with Crippen molar-refractivity contribution in [2.75, 3.05) is 0 Å². The summed E-state index contributed by atoms with van der Waals surface area (Å²) in [5, 5.41) is 15.2. The average molecular weight is 321 g/mol. The molecule has 1 N–H and O–H groups in total. The molecular formula is C16H24FN3OSi. The Morgan fingerprint density at radius 1 is 1.23 bits per heavy atom. The van der Waals surface area contributed by atoms with Crippen molar-refractivity contribution in [3.8, 4) is 0 Å². The van der Waals surface area contributed by atoms with E-state index < -0.39 is 13.7 Å². The van der Waals surface area contributed by atoms with Crippen LogP contribution in [0.5, 0.6) is 0 Å². The van der Waals surface area contributed by atoms with Crippen LogP contribution < -0.4 is 0 Å². The van der Waals surface area contributed by atoms with Gasteiger partial charge in [-0.3, -0.25) is 0 Å². The maximum Gasteiger partial charge on any atom is 0.137 e. The van der Waals surface area contributed by atoms with Crippen molar-refractivity contribution in [2.24, 2.45) is 0 Å². The number of benzene rings is 1. The summed E-state index contributed by atoms with van der Waals surface area (Å²) < 4.78 is 14.8. The minimum atomic E-state index is -1.15. The Kier molecular flexibility index (Phi) is 5.13. The van der Waals surface area contributed by atoms with E-state index in [1.54, 1.807) is 23.1 Å². The summed E-state index contributed by atoms with van der Waals surface area (Å²) >= 11 is 0. The molecule has 2 aromatic rings. The zero-order valence-corrected chi connectivity index (χ0v) is 14.5. The van der Waals surface area contributed by atoms with Gasteiger partial charge in [0.2, 0.25) is 0 Å². The molecule has 1 atom stereocenters.